The van der Waals surface area contributed by atoms with Crippen LogP contribution in [0.2, 0.25) is 0 Å². The second-order valence-electron chi connectivity index (χ2n) is 5.57. The van der Waals surface area contributed by atoms with E-state index in [2.05, 4.69) is 22.4 Å². The first kappa shape index (κ1) is 13.8. The molecule has 0 spiro atoms. The molecule has 1 N–H and O–H groups in total. The summed E-state index contributed by atoms with van der Waals surface area (Å²) < 4.78 is 0. The van der Waals surface area contributed by atoms with Gasteiger partial charge in [-0.05, 0) is 37.3 Å². The molecule has 0 saturated heterocycles. The minimum atomic E-state index is 0.323. The average molecular weight is 267 g/mol. The highest BCUT2D eigenvalue weighted by atomic mass is 35.5. The van der Waals surface area contributed by atoms with Crippen LogP contribution in [0.15, 0.2) is 18.2 Å². The molecule has 1 saturated carbocycles. The molecule has 0 bridgehead atoms. The molecule has 0 unspecified atom stereocenters. The third-order valence-electron chi connectivity index (χ3n) is 3.95. The van der Waals surface area contributed by atoms with Crippen molar-refractivity contribution in [1.82, 2.24) is 10.3 Å². The van der Waals surface area contributed by atoms with Gasteiger partial charge in [0, 0.05) is 24.7 Å². The van der Waals surface area contributed by atoms with Crippen LogP contribution in [0.25, 0.3) is 0 Å². The summed E-state index contributed by atoms with van der Waals surface area (Å²) in [7, 11) is 0. The molecule has 1 aromatic rings. The van der Waals surface area contributed by atoms with Gasteiger partial charge in [0.05, 0.1) is 5.69 Å². The molecule has 0 amide bonds. The Balaban J connectivity index is 1.83. The maximum Gasteiger partial charge on any atom is 0.0544 e. The van der Waals surface area contributed by atoms with Crippen molar-refractivity contribution in [3.05, 3.63) is 29.6 Å². The van der Waals surface area contributed by atoms with Gasteiger partial charge in [0.25, 0.3) is 0 Å². The summed E-state index contributed by atoms with van der Waals surface area (Å²) in [6.45, 7) is 3.90. The van der Waals surface area contributed by atoms with Gasteiger partial charge in [0.1, 0.15) is 0 Å². The molecule has 1 aliphatic rings. The molecule has 2 rings (SSSR count). The summed E-state index contributed by atoms with van der Waals surface area (Å²) in [6, 6.07) is 6.18. The van der Waals surface area contributed by atoms with Gasteiger partial charge in [0.15, 0.2) is 0 Å². The molecule has 1 fully saturated rings. The van der Waals surface area contributed by atoms with E-state index in [1.807, 2.05) is 13.0 Å². The van der Waals surface area contributed by atoms with Crippen LogP contribution in [0.1, 0.15) is 43.5 Å². The standard InChI is InChI=1S/C15H23ClN2/c1-13-6-5-7-14(18-13)10-17-12-15(11-16)8-3-2-4-9-15/h5-7,17H,2-4,8-12H2,1H3. The Morgan fingerprint density at radius 1 is 1.28 bits per heavy atom. The second-order valence-corrected chi connectivity index (χ2v) is 5.84. The van der Waals surface area contributed by atoms with Gasteiger partial charge in [-0.3, -0.25) is 4.98 Å². The van der Waals surface area contributed by atoms with Crippen molar-refractivity contribution in [2.75, 3.05) is 12.4 Å². The predicted molar refractivity (Wildman–Crippen MR) is 76.9 cm³/mol. The van der Waals surface area contributed by atoms with Crippen molar-refractivity contribution in [1.29, 1.82) is 0 Å². The monoisotopic (exact) mass is 266 g/mol. The lowest BCUT2D eigenvalue weighted by Gasteiger charge is -2.35. The number of nitrogens with one attached hydrogen (secondary N) is 1. The smallest absolute Gasteiger partial charge is 0.0544 e. The van der Waals surface area contributed by atoms with Gasteiger partial charge < -0.3 is 5.32 Å². The summed E-state index contributed by atoms with van der Waals surface area (Å²) in [5.41, 5.74) is 2.53. The Kier molecular flexibility index (Phi) is 5.02. The summed E-state index contributed by atoms with van der Waals surface area (Å²) >= 11 is 6.19. The van der Waals surface area contributed by atoms with Gasteiger partial charge in [-0.1, -0.05) is 25.3 Å². The van der Waals surface area contributed by atoms with E-state index >= 15 is 0 Å². The highest BCUT2D eigenvalue weighted by Crippen LogP contribution is 2.36. The quantitative estimate of drug-likeness (QED) is 0.823. The third-order valence-corrected chi connectivity index (χ3v) is 4.52. The van der Waals surface area contributed by atoms with Crippen LogP contribution in [0.5, 0.6) is 0 Å². The first-order valence-corrected chi connectivity index (χ1v) is 7.47. The van der Waals surface area contributed by atoms with Crippen LogP contribution in [0, 0.1) is 12.3 Å². The second kappa shape index (κ2) is 6.53. The fraction of sp³-hybridized carbons (Fsp3) is 0.667. The van der Waals surface area contributed by atoms with E-state index in [0.29, 0.717) is 5.41 Å². The summed E-state index contributed by atoms with van der Waals surface area (Å²) in [4.78, 5) is 4.51. The Hall–Kier alpha value is -0.600. The maximum atomic E-state index is 6.19. The highest BCUT2D eigenvalue weighted by Gasteiger charge is 2.30. The van der Waals surface area contributed by atoms with E-state index in [0.717, 1.165) is 30.4 Å². The Morgan fingerprint density at radius 2 is 2.06 bits per heavy atom. The van der Waals surface area contributed by atoms with Crippen molar-refractivity contribution in [2.24, 2.45) is 5.41 Å². The largest absolute Gasteiger partial charge is 0.311 e. The number of rotatable bonds is 5. The van der Waals surface area contributed by atoms with Gasteiger partial charge >= 0.3 is 0 Å². The van der Waals surface area contributed by atoms with Crippen molar-refractivity contribution in [3.8, 4) is 0 Å². The number of alkyl halides is 1. The van der Waals surface area contributed by atoms with Crippen molar-refractivity contribution in [2.45, 2.75) is 45.6 Å². The van der Waals surface area contributed by atoms with Crippen molar-refractivity contribution in [3.63, 3.8) is 0 Å². The number of halogens is 1. The van der Waals surface area contributed by atoms with E-state index in [1.165, 1.54) is 32.1 Å². The third kappa shape index (κ3) is 3.69. The van der Waals surface area contributed by atoms with Crippen LogP contribution in [0.4, 0.5) is 0 Å². The molecular weight excluding hydrogens is 244 g/mol. The molecule has 0 aliphatic heterocycles. The molecule has 1 aromatic heterocycles. The topological polar surface area (TPSA) is 24.9 Å². The number of hydrogen-bond acceptors (Lipinski definition) is 2. The normalized spacial score (nSPS) is 18.8. The van der Waals surface area contributed by atoms with E-state index in [4.69, 9.17) is 11.6 Å². The fourth-order valence-corrected chi connectivity index (χ4v) is 3.17. The average Bonchev–Trinajstić information content (AvgIpc) is 2.40. The highest BCUT2D eigenvalue weighted by molar-refractivity contribution is 6.18. The van der Waals surface area contributed by atoms with Gasteiger partial charge in [0.2, 0.25) is 0 Å². The van der Waals surface area contributed by atoms with Crippen LogP contribution < -0.4 is 5.32 Å². The van der Waals surface area contributed by atoms with Crippen molar-refractivity contribution < 1.29 is 0 Å². The van der Waals surface area contributed by atoms with Gasteiger partial charge in [-0.2, -0.15) is 0 Å². The van der Waals surface area contributed by atoms with E-state index in [-0.39, 0.29) is 0 Å². The SMILES string of the molecule is Cc1cccc(CNCC2(CCl)CCCCC2)n1. The molecular formula is C15H23ClN2. The summed E-state index contributed by atoms with van der Waals surface area (Å²) in [5, 5.41) is 3.54. The molecule has 0 radical (unpaired) electrons. The number of aryl methyl sites for hydroxylation is 1. The summed E-state index contributed by atoms with van der Waals surface area (Å²) in [6.07, 6.45) is 6.57. The Labute approximate surface area is 115 Å². The van der Waals surface area contributed by atoms with Gasteiger partial charge in [-0.25, -0.2) is 0 Å². The zero-order valence-electron chi connectivity index (χ0n) is 11.2. The number of pyridine rings is 1. The minimum Gasteiger partial charge on any atom is -0.311 e. The van der Waals surface area contributed by atoms with E-state index in [9.17, 15) is 0 Å². The van der Waals surface area contributed by atoms with Crippen LogP contribution in [-0.2, 0) is 6.54 Å². The van der Waals surface area contributed by atoms with Crippen LogP contribution >= 0.6 is 11.6 Å². The lowest BCUT2D eigenvalue weighted by atomic mass is 9.75. The number of aromatic nitrogens is 1. The molecule has 100 valence electrons. The fourth-order valence-electron chi connectivity index (χ4n) is 2.81. The molecule has 0 aromatic carbocycles. The van der Waals surface area contributed by atoms with Gasteiger partial charge in [-0.15, -0.1) is 11.6 Å². The zero-order chi connectivity index (χ0) is 12.8. The molecule has 1 aliphatic carbocycles. The minimum absolute atomic E-state index is 0.323. The Morgan fingerprint density at radius 3 is 2.72 bits per heavy atom. The summed E-state index contributed by atoms with van der Waals surface area (Å²) in [5.74, 6) is 0.779. The number of hydrogen-bond donors (Lipinski definition) is 1. The first-order valence-electron chi connectivity index (χ1n) is 6.93. The molecule has 3 heteroatoms. The lowest BCUT2D eigenvalue weighted by molar-refractivity contribution is 0.212. The maximum absolute atomic E-state index is 6.19. The molecule has 2 nitrogen and oxygen atoms in total. The van der Waals surface area contributed by atoms with Crippen LogP contribution in [0.3, 0.4) is 0 Å². The van der Waals surface area contributed by atoms with Crippen LogP contribution in [-0.4, -0.2) is 17.4 Å². The molecule has 1 heterocycles. The predicted octanol–water partition coefficient (Wildman–Crippen LogP) is 3.67. The Bertz CT molecular complexity index is 373. The molecule has 18 heavy (non-hydrogen) atoms. The lowest BCUT2D eigenvalue weighted by Crippen LogP contribution is -2.37. The van der Waals surface area contributed by atoms with E-state index < -0.39 is 0 Å². The first-order chi connectivity index (χ1) is 8.74. The van der Waals surface area contributed by atoms with Crippen molar-refractivity contribution >= 4 is 11.6 Å². The zero-order valence-corrected chi connectivity index (χ0v) is 12.0. The van der Waals surface area contributed by atoms with E-state index in [1.54, 1.807) is 0 Å². The molecule has 0 atom stereocenters. The number of nitrogens with zero attached hydrogens (tertiary/aromatic N) is 1.